The zero-order valence-electron chi connectivity index (χ0n) is 10.8. The Kier molecular flexibility index (Phi) is 3.94. The largest absolute Gasteiger partial charge is 0.308 e. The van der Waals surface area contributed by atoms with Crippen molar-refractivity contribution in [3.05, 3.63) is 41.3 Å². The Morgan fingerprint density at radius 1 is 1.22 bits per heavy atom. The third kappa shape index (κ3) is 2.68. The first kappa shape index (κ1) is 12.6. The number of anilines is 1. The summed E-state index contributed by atoms with van der Waals surface area (Å²) in [4.78, 5) is 4.40. The average Bonchev–Trinajstić information content (AvgIpc) is 2.81. The number of nitrogens with one attached hydrogen (secondary N) is 1. The molecule has 0 amide bonds. The Bertz CT molecular complexity index is 518. The lowest BCUT2D eigenvalue weighted by molar-refractivity contribution is 0.630. The molecule has 96 valence electrons. The summed E-state index contributed by atoms with van der Waals surface area (Å²) in [5.74, 6) is 6.03. The Balaban J connectivity index is 2.24. The highest BCUT2D eigenvalue weighted by atomic mass is 15.3. The van der Waals surface area contributed by atoms with Crippen LogP contribution in [0.3, 0.4) is 0 Å². The van der Waals surface area contributed by atoms with Gasteiger partial charge in [-0.2, -0.15) is 5.10 Å². The molecule has 0 aliphatic carbocycles. The van der Waals surface area contributed by atoms with E-state index in [2.05, 4.69) is 35.4 Å². The lowest BCUT2D eigenvalue weighted by Crippen LogP contribution is -2.11. The van der Waals surface area contributed by atoms with Crippen LogP contribution in [0.2, 0.25) is 0 Å². The maximum Gasteiger partial charge on any atom is 0.140 e. The monoisotopic (exact) mass is 245 g/mol. The minimum atomic E-state index is 0.674. The van der Waals surface area contributed by atoms with Gasteiger partial charge in [0.15, 0.2) is 0 Å². The summed E-state index contributed by atoms with van der Waals surface area (Å²) in [6.07, 6.45) is 1.93. The van der Waals surface area contributed by atoms with Crippen LogP contribution in [0.15, 0.2) is 24.3 Å². The number of rotatable bonds is 5. The fourth-order valence-corrected chi connectivity index (χ4v) is 1.91. The zero-order valence-corrected chi connectivity index (χ0v) is 10.8. The molecule has 5 heteroatoms. The number of nitrogens with zero attached hydrogens (tertiary/aromatic N) is 3. The molecule has 0 spiro atoms. The zero-order chi connectivity index (χ0) is 13.0. The van der Waals surface area contributed by atoms with Gasteiger partial charge in [0.1, 0.15) is 5.82 Å². The van der Waals surface area contributed by atoms with Gasteiger partial charge in [-0.3, -0.25) is 4.68 Å². The van der Waals surface area contributed by atoms with Gasteiger partial charge in [-0.15, -0.1) is 0 Å². The van der Waals surface area contributed by atoms with E-state index < -0.39 is 0 Å². The lowest BCUT2D eigenvalue weighted by Gasteiger charge is -2.06. The number of aromatic nitrogens is 3. The van der Waals surface area contributed by atoms with E-state index in [-0.39, 0.29) is 0 Å². The van der Waals surface area contributed by atoms with E-state index >= 15 is 0 Å². The van der Waals surface area contributed by atoms with E-state index in [9.17, 15) is 0 Å². The quantitative estimate of drug-likeness (QED) is 0.622. The van der Waals surface area contributed by atoms with Gasteiger partial charge in [0.05, 0.1) is 17.9 Å². The van der Waals surface area contributed by atoms with Crippen molar-refractivity contribution in [1.82, 2.24) is 14.8 Å². The fraction of sp³-hybridized carbons (Fsp3) is 0.385. The maximum atomic E-state index is 5.36. The third-order valence-corrected chi connectivity index (χ3v) is 2.90. The number of nitrogens with two attached hydrogens (primary N) is 1. The molecule has 2 heterocycles. The molecule has 0 saturated heterocycles. The van der Waals surface area contributed by atoms with Gasteiger partial charge in [-0.25, -0.2) is 10.8 Å². The summed E-state index contributed by atoms with van der Waals surface area (Å²) < 4.78 is 2.02. The molecule has 0 unspecified atom stereocenters. The van der Waals surface area contributed by atoms with Crippen molar-refractivity contribution < 1.29 is 0 Å². The summed E-state index contributed by atoms with van der Waals surface area (Å²) in [6.45, 7) is 4.93. The van der Waals surface area contributed by atoms with E-state index in [0.717, 1.165) is 24.2 Å². The Morgan fingerprint density at radius 3 is 2.72 bits per heavy atom. The smallest absolute Gasteiger partial charge is 0.140 e. The summed E-state index contributed by atoms with van der Waals surface area (Å²) in [6, 6.07) is 7.91. The standard InChI is InChI=1S/C13H19N5/c1-3-10-8-12(4-2)18(17-10)9-11-6-5-7-13(15-11)16-14/h5-8H,3-4,9,14H2,1-2H3,(H,15,16). The molecule has 0 bridgehead atoms. The number of pyridine rings is 1. The molecule has 0 atom stereocenters. The van der Waals surface area contributed by atoms with Crippen molar-refractivity contribution in [2.75, 3.05) is 5.43 Å². The highest BCUT2D eigenvalue weighted by Gasteiger charge is 2.06. The predicted molar refractivity (Wildman–Crippen MR) is 72.1 cm³/mol. The molecule has 0 saturated carbocycles. The molecule has 5 nitrogen and oxygen atoms in total. The molecular weight excluding hydrogens is 226 g/mol. The molecule has 0 radical (unpaired) electrons. The van der Waals surface area contributed by atoms with E-state index in [1.165, 1.54) is 5.69 Å². The normalized spacial score (nSPS) is 10.6. The van der Waals surface area contributed by atoms with Crippen molar-refractivity contribution in [2.24, 2.45) is 5.84 Å². The van der Waals surface area contributed by atoms with Crippen LogP contribution in [0, 0.1) is 0 Å². The van der Waals surface area contributed by atoms with Crippen LogP contribution in [0.1, 0.15) is 30.9 Å². The number of hydrogen-bond acceptors (Lipinski definition) is 4. The van der Waals surface area contributed by atoms with E-state index in [4.69, 9.17) is 5.84 Å². The van der Waals surface area contributed by atoms with E-state index in [0.29, 0.717) is 12.4 Å². The summed E-state index contributed by atoms with van der Waals surface area (Å²) >= 11 is 0. The Morgan fingerprint density at radius 2 is 2.06 bits per heavy atom. The third-order valence-electron chi connectivity index (χ3n) is 2.90. The molecule has 18 heavy (non-hydrogen) atoms. The second kappa shape index (κ2) is 5.64. The second-order valence-corrected chi connectivity index (χ2v) is 4.15. The topological polar surface area (TPSA) is 68.8 Å². The molecule has 2 aromatic heterocycles. The molecule has 0 aliphatic rings. The average molecular weight is 245 g/mol. The minimum absolute atomic E-state index is 0.674. The first-order valence-corrected chi connectivity index (χ1v) is 6.25. The van der Waals surface area contributed by atoms with Gasteiger partial charge in [-0.1, -0.05) is 19.9 Å². The lowest BCUT2D eigenvalue weighted by atomic mass is 10.2. The van der Waals surface area contributed by atoms with Crippen LogP contribution in [0.5, 0.6) is 0 Å². The van der Waals surface area contributed by atoms with Crippen molar-refractivity contribution in [3.63, 3.8) is 0 Å². The van der Waals surface area contributed by atoms with Crippen LogP contribution in [-0.2, 0) is 19.4 Å². The molecule has 0 fully saturated rings. The molecule has 0 aromatic carbocycles. The molecule has 2 aromatic rings. The minimum Gasteiger partial charge on any atom is -0.308 e. The number of nitrogen functional groups attached to an aromatic ring is 1. The van der Waals surface area contributed by atoms with Crippen molar-refractivity contribution in [1.29, 1.82) is 0 Å². The summed E-state index contributed by atoms with van der Waals surface area (Å²) in [5.41, 5.74) is 5.87. The van der Waals surface area contributed by atoms with Gasteiger partial charge in [-0.05, 0) is 31.0 Å². The number of aryl methyl sites for hydroxylation is 2. The van der Waals surface area contributed by atoms with Gasteiger partial charge in [0, 0.05) is 5.69 Å². The van der Waals surface area contributed by atoms with Crippen molar-refractivity contribution >= 4 is 5.82 Å². The summed E-state index contributed by atoms with van der Waals surface area (Å²) in [5, 5.41) is 4.58. The second-order valence-electron chi connectivity index (χ2n) is 4.15. The van der Waals surface area contributed by atoms with Crippen molar-refractivity contribution in [2.45, 2.75) is 33.2 Å². The van der Waals surface area contributed by atoms with E-state index in [1.54, 1.807) is 0 Å². The SMILES string of the molecule is CCc1cc(CC)n(Cc2cccc(NN)n2)n1. The van der Waals surface area contributed by atoms with Crippen LogP contribution in [0.25, 0.3) is 0 Å². The van der Waals surface area contributed by atoms with Crippen LogP contribution in [0.4, 0.5) is 5.82 Å². The number of hydrazine groups is 1. The van der Waals surface area contributed by atoms with Gasteiger partial charge >= 0.3 is 0 Å². The Labute approximate surface area is 107 Å². The van der Waals surface area contributed by atoms with Crippen LogP contribution < -0.4 is 11.3 Å². The molecule has 0 aliphatic heterocycles. The van der Waals surface area contributed by atoms with Crippen LogP contribution >= 0.6 is 0 Å². The molecule has 3 N–H and O–H groups in total. The van der Waals surface area contributed by atoms with Crippen molar-refractivity contribution in [3.8, 4) is 0 Å². The van der Waals surface area contributed by atoms with Gasteiger partial charge in [0.25, 0.3) is 0 Å². The summed E-state index contributed by atoms with van der Waals surface area (Å²) in [7, 11) is 0. The van der Waals surface area contributed by atoms with Gasteiger partial charge in [0.2, 0.25) is 0 Å². The first-order valence-electron chi connectivity index (χ1n) is 6.25. The fourth-order valence-electron chi connectivity index (χ4n) is 1.91. The molecular formula is C13H19N5. The highest BCUT2D eigenvalue weighted by Crippen LogP contribution is 2.10. The predicted octanol–water partition coefficient (Wildman–Crippen LogP) is 1.74. The highest BCUT2D eigenvalue weighted by molar-refractivity contribution is 5.33. The van der Waals surface area contributed by atoms with Gasteiger partial charge < -0.3 is 5.43 Å². The Hall–Kier alpha value is -1.88. The van der Waals surface area contributed by atoms with E-state index in [1.807, 2.05) is 22.9 Å². The molecule has 2 rings (SSSR count). The maximum absolute atomic E-state index is 5.36. The van der Waals surface area contributed by atoms with Crippen LogP contribution in [-0.4, -0.2) is 14.8 Å². The number of hydrogen-bond donors (Lipinski definition) is 2. The first-order chi connectivity index (χ1) is 8.76.